The van der Waals surface area contributed by atoms with Crippen molar-refractivity contribution >= 4 is 27.5 Å². The lowest BCUT2D eigenvalue weighted by Crippen LogP contribution is -2.50. The van der Waals surface area contributed by atoms with Gasteiger partial charge in [0.2, 0.25) is 21.8 Å². The van der Waals surface area contributed by atoms with Gasteiger partial charge in [0.05, 0.1) is 19.1 Å². The van der Waals surface area contributed by atoms with Gasteiger partial charge in [-0.05, 0) is 68.1 Å². The fourth-order valence-corrected chi connectivity index (χ4v) is 4.86. The largest absolute Gasteiger partial charge is 0.497 e. The first-order chi connectivity index (χ1) is 17.5. The zero-order valence-electron chi connectivity index (χ0n) is 22.2. The summed E-state index contributed by atoms with van der Waals surface area (Å²) < 4.78 is 44.4. The number of sulfonamides is 1. The maximum atomic E-state index is 13.4. The van der Waals surface area contributed by atoms with Crippen molar-refractivity contribution in [1.29, 1.82) is 0 Å². The van der Waals surface area contributed by atoms with Crippen LogP contribution >= 0.6 is 0 Å². The van der Waals surface area contributed by atoms with Gasteiger partial charge in [-0.1, -0.05) is 26.0 Å². The highest BCUT2D eigenvalue weighted by atomic mass is 32.2. The van der Waals surface area contributed by atoms with Gasteiger partial charge in [0.1, 0.15) is 17.6 Å². The number of nitrogens with zero attached hydrogens (tertiary/aromatic N) is 2. The molecule has 0 radical (unpaired) electrons. The van der Waals surface area contributed by atoms with Crippen LogP contribution in [0.3, 0.4) is 0 Å². The molecule has 204 valence electrons. The van der Waals surface area contributed by atoms with E-state index in [2.05, 4.69) is 5.32 Å². The molecule has 0 saturated carbocycles. The van der Waals surface area contributed by atoms with Crippen molar-refractivity contribution in [3.05, 3.63) is 59.9 Å². The van der Waals surface area contributed by atoms with Gasteiger partial charge in [-0.15, -0.1) is 0 Å². The second kappa shape index (κ2) is 14.0. The maximum Gasteiger partial charge on any atom is 0.243 e. The van der Waals surface area contributed by atoms with E-state index in [0.717, 1.165) is 22.5 Å². The first-order valence-corrected chi connectivity index (χ1v) is 14.3. The van der Waals surface area contributed by atoms with Crippen LogP contribution in [0.4, 0.5) is 10.1 Å². The van der Waals surface area contributed by atoms with Crippen LogP contribution in [0, 0.1) is 5.82 Å². The number of ether oxygens (including phenoxy) is 1. The quantitative estimate of drug-likeness (QED) is 0.393. The van der Waals surface area contributed by atoms with E-state index in [0.29, 0.717) is 17.9 Å². The van der Waals surface area contributed by atoms with Gasteiger partial charge in [-0.3, -0.25) is 13.9 Å². The molecule has 0 aromatic heterocycles. The first-order valence-electron chi connectivity index (χ1n) is 12.5. The van der Waals surface area contributed by atoms with Crippen molar-refractivity contribution in [2.75, 3.05) is 24.2 Å². The highest BCUT2D eigenvalue weighted by Crippen LogP contribution is 2.21. The molecule has 0 unspecified atom stereocenters. The zero-order valence-corrected chi connectivity index (χ0v) is 23.1. The molecule has 0 aliphatic carbocycles. The molecule has 0 aliphatic rings. The smallest absolute Gasteiger partial charge is 0.243 e. The Bertz CT molecular complexity index is 1120. The zero-order chi connectivity index (χ0) is 27.6. The van der Waals surface area contributed by atoms with Crippen molar-refractivity contribution in [3.8, 4) is 5.75 Å². The van der Waals surface area contributed by atoms with E-state index in [-0.39, 0.29) is 43.8 Å². The standard InChI is InChI=1S/C27H38FN3O5S/c1-6-20(3)29-27(33)25(7-2)30(19-21-10-16-24(36-4)17-11-21)26(32)9-8-18-31(37(5,34)35)23-14-12-22(28)13-15-23/h10-17,20,25H,6-9,18-19H2,1-5H3,(H,29,33)/t20-,25+/m1/s1. The predicted octanol–water partition coefficient (Wildman–Crippen LogP) is 4.10. The number of methoxy groups -OCH3 is 1. The van der Waals surface area contributed by atoms with E-state index in [1.165, 1.54) is 24.3 Å². The SMILES string of the molecule is CC[C@@H](C)NC(=O)[C@H](CC)N(Cc1ccc(OC)cc1)C(=O)CCCN(c1ccc(F)cc1)S(C)(=O)=O. The second-order valence-corrected chi connectivity index (χ2v) is 10.9. The Morgan fingerprint density at radius 2 is 1.65 bits per heavy atom. The van der Waals surface area contributed by atoms with Gasteiger partial charge < -0.3 is 15.0 Å². The summed E-state index contributed by atoms with van der Waals surface area (Å²) in [6, 6.07) is 11.7. The van der Waals surface area contributed by atoms with Gasteiger partial charge in [-0.2, -0.15) is 0 Å². The van der Waals surface area contributed by atoms with Crippen LogP contribution < -0.4 is 14.4 Å². The van der Waals surface area contributed by atoms with Gasteiger partial charge >= 0.3 is 0 Å². The highest BCUT2D eigenvalue weighted by molar-refractivity contribution is 7.92. The predicted molar refractivity (Wildman–Crippen MR) is 143 cm³/mol. The Morgan fingerprint density at radius 1 is 1.03 bits per heavy atom. The molecule has 2 rings (SSSR count). The summed E-state index contributed by atoms with van der Waals surface area (Å²) in [6.07, 6.45) is 2.53. The van der Waals surface area contributed by atoms with Crippen molar-refractivity contribution in [1.82, 2.24) is 10.2 Å². The van der Waals surface area contributed by atoms with Crippen molar-refractivity contribution in [3.63, 3.8) is 0 Å². The number of carbonyl (C=O) groups excluding carboxylic acids is 2. The Balaban J connectivity index is 2.22. The summed E-state index contributed by atoms with van der Waals surface area (Å²) in [7, 11) is -2.07. The molecule has 2 aromatic rings. The summed E-state index contributed by atoms with van der Waals surface area (Å²) in [4.78, 5) is 28.1. The first kappa shape index (κ1) is 30.1. The van der Waals surface area contributed by atoms with Crippen LogP contribution in [0.15, 0.2) is 48.5 Å². The molecule has 0 saturated heterocycles. The Labute approximate surface area is 219 Å². The lowest BCUT2D eigenvalue weighted by atomic mass is 10.1. The Morgan fingerprint density at radius 3 is 2.16 bits per heavy atom. The highest BCUT2D eigenvalue weighted by Gasteiger charge is 2.29. The topological polar surface area (TPSA) is 96.0 Å². The number of hydrogen-bond acceptors (Lipinski definition) is 5. The Kier molecular flexibility index (Phi) is 11.4. The molecule has 1 N–H and O–H groups in total. The lowest BCUT2D eigenvalue weighted by Gasteiger charge is -2.32. The average Bonchev–Trinajstić information content (AvgIpc) is 2.86. The molecule has 2 aromatic carbocycles. The maximum absolute atomic E-state index is 13.4. The van der Waals surface area contributed by atoms with E-state index in [9.17, 15) is 22.4 Å². The fourth-order valence-electron chi connectivity index (χ4n) is 3.90. The molecule has 37 heavy (non-hydrogen) atoms. The van der Waals surface area contributed by atoms with Crippen LogP contribution in [-0.2, 0) is 26.2 Å². The minimum absolute atomic E-state index is 0.0292. The third-order valence-electron chi connectivity index (χ3n) is 6.17. The number of rotatable bonds is 14. The molecule has 8 nitrogen and oxygen atoms in total. The van der Waals surface area contributed by atoms with E-state index in [1.54, 1.807) is 24.1 Å². The third-order valence-corrected chi connectivity index (χ3v) is 7.36. The molecule has 0 heterocycles. The molecule has 0 spiro atoms. The summed E-state index contributed by atoms with van der Waals surface area (Å²) >= 11 is 0. The number of amides is 2. The molecular weight excluding hydrogens is 497 g/mol. The average molecular weight is 536 g/mol. The number of halogens is 1. The Hall–Kier alpha value is -3.14. The number of anilines is 1. The van der Waals surface area contributed by atoms with Crippen LogP contribution in [-0.4, -0.2) is 57.1 Å². The minimum atomic E-state index is -3.65. The number of hydrogen-bond donors (Lipinski definition) is 1. The fraction of sp³-hybridized carbons (Fsp3) is 0.481. The van der Waals surface area contributed by atoms with Gasteiger partial charge in [0.15, 0.2) is 0 Å². The number of benzene rings is 2. The minimum Gasteiger partial charge on any atom is -0.497 e. The third kappa shape index (κ3) is 9.03. The molecule has 10 heteroatoms. The normalized spacial score (nSPS) is 12.9. The van der Waals surface area contributed by atoms with Crippen LogP contribution in [0.25, 0.3) is 0 Å². The molecule has 0 aliphatic heterocycles. The summed E-state index contributed by atoms with van der Waals surface area (Å²) in [5.74, 6) is -0.259. The van der Waals surface area contributed by atoms with Crippen molar-refractivity contribution < 1.29 is 27.1 Å². The summed E-state index contributed by atoms with van der Waals surface area (Å²) in [5, 5.41) is 2.97. The van der Waals surface area contributed by atoms with Crippen molar-refractivity contribution in [2.45, 2.75) is 65.1 Å². The van der Waals surface area contributed by atoms with Gasteiger partial charge in [0, 0.05) is 25.6 Å². The number of nitrogens with one attached hydrogen (secondary N) is 1. The summed E-state index contributed by atoms with van der Waals surface area (Å²) in [6.45, 7) is 6.01. The van der Waals surface area contributed by atoms with Gasteiger partial charge in [-0.25, -0.2) is 12.8 Å². The molecular formula is C27H38FN3O5S. The van der Waals surface area contributed by atoms with E-state index < -0.39 is 21.9 Å². The molecule has 2 atom stereocenters. The molecule has 0 bridgehead atoms. The van der Waals surface area contributed by atoms with Crippen LogP contribution in [0.2, 0.25) is 0 Å². The monoisotopic (exact) mass is 535 g/mol. The number of carbonyl (C=O) groups is 2. The molecule has 0 fully saturated rings. The van der Waals surface area contributed by atoms with E-state index in [4.69, 9.17) is 4.74 Å². The van der Waals surface area contributed by atoms with Crippen LogP contribution in [0.1, 0.15) is 52.0 Å². The van der Waals surface area contributed by atoms with E-state index >= 15 is 0 Å². The van der Waals surface area contributed by atoms with Gasteiger partial charge in [0.25, 0.3) is 0 Å². The summed E-state index contributed by atoms with van der Waals surface area (Å²) in [5.41, 5.74) is 1.17. The van der Waals surface area contributed by atoms with Crippen molar-refractivity contribution in [2.24, 2.45) is 0 Å². The van der Waals surface area contributed by atoms with Crippen LogP contribution in [0.5, 0.6) is 5.75 Å². The second-order valence-electron chi connectivity index (χ2n) is 9.03. The van der Waals surface area contributed by atoms with E-state index in [1.807, 2.05) is 32.9 Å². The molecule has 2 amide bonds. The lowest BCUT2D eigenvalue weighted by molar-refractivity contribution is -0.141.